The highest BCUT2D eigenvalue weighted by atomic mass is 16.5. The fraction of sp³-hybridized carbons (Fsp3) is 0.421. The number of nitrogens with zero attached hydrogens (tertiary/aromatic N) is 3. The second-order valence-electron chi connectivity index (χ2n) is 6.41. The van der Waals surface area contributed by atoms with Gasteiger partial charge in [-0.05, 0) is 31.0 Å². The average Bonchev–Trinajstić information content (AvgIpc) is 3.02. The highest BCUT2D eigenvalue weighted by Crippen LogP contribution is 2.31. The number of ether oxygens (including phenoxy) is 2. The number of rotatable bonds is 4. The minimum Gasteiger partial charge on any atom is -0.470 e. The molecule has 130 valence electrons. The van der Waals surface area contributed by atoms with Crippen molar-refractivity contribution < 1.29 is 14.3 Å². The van der Waals surface area contributed by atoms with Crippen LogP contribution in [0.15, 0.2) is 48.8 Å². The summed E-state index contributed by atoms with van der Waals surface area (Å²) in [5.41, 5.74) is 0.787. The molecule has 0 aliphatic carbocycles. The van der Waals surface area contributed by atoms with E-state index in [1.54, 1.807) is 12.4 Å². The molecule has 2 aliphatic heterocycles. The second kappa shape index (κ2) is 7.19. The number of carbonyl (C=O) groups excluding carboxylic acids is 1. The molecule has 1 amide bonds. The first-order valence-corrected chi connectivity index (χ1v) is 8.70. The number of aromatic nitrogens is 2. The normalized spacial score (nSPS) is 25.4. The lowest BCUT2D eigenvalue weighted by atomic mass is 10.0. The van der Waals surface area contributed by atoms with Gasteiger partial charge in [-0.1, -0.05) is 12.1 Å². The molecule has 3 atom stereocenters. The van der Waals surface area contributed by atoms with E-state index >= 15 is 0 Å². The first-order chi connectivity index (χ1) is 12.3. The van der Waals surface area contributed by atoms with Crippen molar-refractivity contribution in [1.82, 2.24) is 14.9 Å². The lowest BCUT2D eigenvalue weighted by Gasteiger charge is -2.32. The van der Waals surface area contributed by atoms with E-state index in [4.69, 9.17) is 9.47 Å². The molecule has 2 aromatic rings. The molecule has 2 fully saturated rings. The van der Waals surface area contributed by atoms with Gasteiger partial charge in [0.15, 0.2) is 0 Å². The quantitative estimate of drug-likeness (QED) is 0.851. The van der Waals surface area contributed by atoms with Gasteiger partial charge in [0.2, 0.25) is 11.8 Å². The van der Waals surface area contributed by atoms with E-state index in [9.17, 15) is 4.79 Å². The second-order valence-corrected chi connectivity index (χ2v) is 6.41. The van der Waals surface area contributed by atoms with E-state index < -0.39 is 0 Å². The van der Waals surface area contributed by atoms with Gasteiger partial charge in [0, 0.05) is 30.8 Å². The molecule has 2 aromatic heterocycles. The minimum atomic E-state index is -0.187. The average molecular weight is 339 g/mol. The van der Waals surface area contributed by atoms with E-state index in [0.29, 0.717) is 25.5 Å². The number of likely N-dealkylation sites (tertiary alicyclic amines) is 1. The molecule has 6 heteroatoms. The molecule has 0 bridgehead atoms. The first kappa shape index (κ1) is 16.0. The van der Waals surface area contributed by atoms with Gasteiger partial charge in [0.1, 0.15) is 12.2 Å². The van der Waals surface area contributed by atoms with Crippen molar-refractivity contribution in [3.8, 4) is 5.88 Å². The molecule has 0 radical (unpaired) electrons. The maximum Gasteiger partial charge on any atom is 0.229 e. The van der Waals surface area contributed by atoms with E-state index in [1.807, 2.05) is 41.3 Å². The predicted octanol–water partition coefficient (Wildman–Crippen LogP) is 1.86. The van der Waals surface area contributed by atoms with Gasteiger partial charge in [-0.2, -0.15) is 0 Å². The zero-order chi connectivity index (χ0) is 17.1. The Bertz CT molecular complexity index is 710. The maximum atomic E-state index is 12.8. The van der Waals surface area contributed by atoms with Crippen molar-refractivity contribution in [3.05, 3.63) is 54.5 Å². The molecular weight excluding hydrogens is 318 g/mol. The van der Waals surface area contributed by atoms with E-state index in [0.717, 1.165) is 18.5 Å². The third-order valence-corrected chi connectivity index (χ3v) is 4.77. The lowest BCUT2D eigenvalue weighted by molar-refractivity contribution is -0.134. The summed E-state index contributed by atoms with van der Waals surface area (Å²) in [6.07, 6.45) is 5.35. The molecule has 2 aliphatic rings. The van der Waals surface area contributed by atoms with Gasteiger partial charge in [0.05, 0.1) is 19.0 Å². The number of carbonyl (C=O) groups is 1. The van der Waals surface area contributed by atoms with Crippen LogP contribution in [0.2, 0.25) is 0 Å². The van der Waals surface area contributed by atoms with Crippen LogP contribution in [0.5, 0.6) is 5.88 Å². The van der Waals surface area contributed by atoms with Crippen LogP contribution in [-0.2, 0) is 16.0 Å². The van der Waals surface area contributed by atoms with Crippen molar-refractivity contribution in [2.75, 3.05) is 13.2 Å². The van der Waals surface area contributed by atoms with Gasteiger partial charge < -0.3 is 14.4 Å². The molecule has 0 saturated carbocycles. The van der Waals surface area contributed by atoms with Gasteiger partial charge in [0.25, 0.3) is 0 Å². The summed E-state index contributed by atoms with van der Waals surface area (Å²) < 4.78 is 12.0. The SMILES string of the molecule is O=C(Cc1ccccn1)N1C[C@@H](Oc2ccccn2)[C@H]2OCCC[C@H]21. The van der Waals surface area contributed by atoms with Crippen LogP contribution in [0.4, 0.5) is 0 Å². The Hall–Kier alpha value is -2.47. The zero-order valence-electron chi connectivity index (χ0n) is 14.0. The van der Waals surface area contributed by atoms with Crippen molar-refractivity contribution in [2.24, 2.45) is 0 Å². The van der Waals surface area contributed by atoms with Crippen LogP contribution < -0.4 is 4.74 Å². The lowest BCUT2D eigenvalue weighted by Crippen LogP contribution is -2.44. The minimum absolute atomic E-state index is 0.0682. The zero-order valence-corrected chi connectivity index (χ0v) is 14.0. The summed E-state index contributed by atoms with van der Waals surface area (Å²) >= 11 is 0. The van der Waals surface area contributed by atoms with Crippen molar-refractivity contribution in [1.29, 1.82) is 0 Å². The molecule has 25 heavy (non-hydrogen) atoms. The Morgan fingerprint density at radius 1 is 1.20 bits per heavy atom. The largest absolute Gasteiger partial charge is 0.470 e. The molecule has 0 unspecified atom stereocenters. The molecule has 0 spiro atoms. The summed E-state index contributed by atoms with van der Waals surface area (Å²) in [4.78, 5) is 23.2. The number of fused-ring (bicyclic) bond motifs is 1. The van der Waals surface area contributed by atoms with Crippen molar-refractivity contribution >= 4 is 5.91 Å². The summed E-state index contributed by atoms with van der Waals surface area (Å²) in [7, 11) is 0. The Labute approximate surface area is 146 Å². The first-order valence-electron chi connectivity index (χ1n) is 8.70. The predicted molar refractivity (Wildman–Crippen MR) is 91.1 cm³/mol. The van der Waals surface area contributed by atoms with Gasteiger partial charge in [-0.15, -0.1) is 0 Å². The molecule has 4 heterocycles. The van der Waals surface area contributed by atoms with Gasteiger partial charge in [-0.25, -0.2) is 4.98 Å². The molecule has 6 nitrogen and oxygen atoms in total. The van der Waals surface area contributed by atoms with E-state index in [2.05, 4.69) is 9.97 Å². The number of hydrogen-bond donors (Lipinski definition) is 0. The Balaban J connectivity index is 1.49. The molecule has 0 N–H and O–H groups in total. The van der Waals surface area contributed by atoms with Crippen LogP contribution in [0, 0.1) is 0 Å². The van der Waals surface area contributed by atoms with Crippen LogP contribution >= 0.6 is 0 Å². The number of amides is 1. The van der Waals surface area contributed by atoms with E-state index in [1.165, 1.54) is 0 Å². The summed E-state index contributed by atoms with van der Waals surface area (Å²) in [5, 5.41) is 0. The number of hydrogen-bond acceptors (Lipinski definition) is 5. The Morgan fingerprint density at radius 3 is 2.80 bits per heavy atom. The van der Waals surface area contributed by atoms with E-state index in [-0.39, 0.29) is 24.2 Å². The third kappa shape index (κ3) is 3.49. The standard InChI is InChI=1S/C19H21N3O3/c23-18(12-14-6-1-3-9-20-14)22-13-16(19-15(22)7-5-11-24-19)25-17-8-2-4-10-21-17/h1-4,6,8-10,15-16,19H,5,7,11-13H2/t15-,16-,19+/m1/s1. The number of pyridine rings is 2. The Kier molecular flexibility index (Phi) is 4.61. The molecule has 2 saturated heterocycles. The van der Waals surface area contributed by atoms with Crippen LogP contribution in [0.1, 0.15) is 18.5 Å². The topological polar surface area (TPSA) is 64.6 Å². The van der Waals surface area contributed by atoms with Gasteiger partial charge in [-0.3, -0.25) is 9.78 Å². The van der Waals surface area contributed by atoms with Crippen molar-refractivity contribution in [3.63, 3.8) is 0 Å². The smallest absolute Gasteiger partial charge is 0.229 e. The monoisotopic (exact) mass is 339 g/mol. The van der Waals surface area contributed by atoms with Crippen LogP contribution in [-0.4, -0.2) is 52.2 Å². The molecular formula is C19H21N3O3. The fourth-order valence-electron chi connectivity index (χ4n) is 3.63. The third-order valence-electron chi connectivity index (χ3n) is 4.77. The van der Waals surface area contributed by atoms with Crippen LogP contribution in [0.3, 0.4) is 0 Å². The highest BCUT2D eigenvalue weighted by Gasteiger charge is 2.47. The maximum absolute atomic E-state index is 12.8. The fourth-order valence-corrected chi connectivity index (χ4v) is 3.63. The highest BCUT2D eigenvalue weighted by molar-refractivity contribution is 5.79. The van der Waals surface area contributed by atoms with Gasteiger partial charge >= 0.3 is 0 Å². The van der Waals surface area contributed by atoms with Crippen LogP contribution in [0.25, 0.3) is 0 Å². The Morgan fingerprint density at radius 2 is 2.04 bits per heavy atom. The van der Waals surface area contributed by atoms with Crippen molar-refractivity contribution in [2.45, 2.75) is 37.5 Å². The summed E-state index contributed by atoms with van der Waals surface area (Å²) in [6, 6.07) is 11.3. The summed E-state index contributed by atoms with van der Waals surface area (Å²) in [5.74, 6) is 0.644. The molecule has 4 rings (SSSR count). The summed E-state index contributed by atoms with van der Waals surface area (Å²) in [6.45, 7) is 1.24. The molecule has 0 aromatic carbocycles.